The number of aromatic nitrogens is 1. The summed E-state index contributed by atoms with van der Waals surface area (Å²) in [5.74, 6) is -0.0650. The van der Waals surface area contributed by atoms with Crippen LogP contribution in [-0.4, -0.2) is 22.0 Å². The van der Waals surface area contributed by atoms with E-state index in [4.69, 9.17) is 5.11 Å². The minimum Gasteiger partial charge on any atom is -0.465 e. The molecule has 1 aromatic heterocycles. The summed E-state index contributed by atoms with van der Waals surface area (Å²) in [4.78, 5) is 26.2. The monoisotopic (exact) mass is 248 g/mol. The van der Waals surface area contributed by atoms with Crippen LogP contribution in [0.15, 0.2) is 12.3 Å². The van der Waals surface area contributed by atoms with Gasteiger partial charge in [-0.05, 0) is 36.5 Å². The maximum absolute atomic E-state index is 11.3. The molecule has 0 radical (unpaired) electrons. The van der Waals surface area contributed by atoms with Crippen LogP contribution in [0.25, 0.3) is 0 Å². The fourth-order valence-corrected chi connectivity index (χ4v) is 2.35. The minimum absolute atomic E-state index is 0.0650. The molecule has 0 aliphatic heterocycles. The quantitative estimate of drug-likeness (QED) is 0.621. The third-order valence-corrected chi connectivity index (χ3v) is 3.25. The molecule has 0 spiro atoms. The molecule has 5 nitrogen and oxygen atoms in total. The molecule has 0 fully saturated rings. The van der Waals surface area contributed by atoms with Crippen LogP contribution < -0.4 is 5.32 Å². The number of nitrogens with zero attached hydrogens (tertiary/aromatic N) is 1. The van der Waals surface area contributed by atoms with E-state index in [0.717, 1.165) is 36.8 Å². The van der Waals surface area contributed by atoms with Crippen molar-refractivity contribution in [1.29, 1.82) is 0 Å². The Balaban J connectivity index is 2.36. The summed E-state index contributed by atoms with van der Waals surface area (Å²) < 4.78 is 0. The topological polar surface area (TPSA) is 79.3 Å². The lowest BCUT2D eigenvalue weighted by Gasteiger charge is -2.17. The summed E-state index contributed by atoms with van der Waals surface area (Å²) in [6, 6.07) is 1.58. The first-order valence-electron chi connectivity index (χ1n) is 6.07. The number of carbonyl (C=O) groups excluding carboxylic acids is 1. The number of Topliss-reactive ketones (excluding diaryl/α,β-unsaturated/α-hetero) is 1. The Morgan fingerprint density at radius 3 is 2.89 bits per heavy atom. The molecule has 1 atom stereocenters. The van der Waals surface area contributed by atoms with Gasteiger partial charge in [-0.15, -0.1) is 0 Å². The Morgan fingerprint density at radius 1 is 1.44 bits per heavy atom. The molecule has 1 aliphatic rings. The van der Waals surface area contributed by atoms with Crippen molar-refractivity contribution in [2.45, 2.75) is 38.6 Å². The Morgan fingerprint density at radius 2 is 2.22 bits per heavy atom. The number of aryl methyl sites for hydroxylation is 1. The Kier molecular flexibility index (Phi) is 3.60. The number of hydrogen-bond donors (Lipinski definition) is 2. The smallest absolute Gasteiger partial charge is 0.405 e. The van der Waals surface area contributed by atoms with Crippen molar-refractivity contribution >= 4 is 11.9 Å². The van der Waals surface area contributed by atoms with Crippen molar-refractivity contribution in [3.05, 3.63) is 29.1 Å². The van der Waals surface area contributed by atoms with Gasteiger partial charge in [0.2, 0.25) is 0 Å². The van der Waals surface area contributed by atoms with Gasteiger partial charge in [-0.1, -0.05) is 6.42 Å². The molecule has 0 saturated heterocycles. The van der Waals surface area contributed by atoms with Crippen LogP contribution in [0, 0.1) is 0 Å². The second kappa shape index (κ2) is 5.16. The van der Waals surface area contributed by atoms with E-state index in [0.29, 0.717) is 5.69 Å². The van der Waals surface area contributed by atoms with E-state index in [9.17, 15) is 9.59 Å². The van der Waals surface area contributed by atoms with Gasteiger partial charge in [-0.3, -0.25) is 9.78 Å². The number of pyridine rings is 1. The first kappa shape index (κ1) is 12.5. The first-order chi connectivity index (χ1) is 8.58. The molecule has 1 aromatic rings. The largest absolute Gasteiger partial charge is 0.465 e. The summed E-state index contributed by atoms with van der Waals surface area (Å²) in [6.45, 7) is 1.48. The van der Waals surface area contributed by atoms with Crippen LogP contribution in [0.1, 0.15) is 53.8 Å². The number of carbonyl (C=O) groups is 2. The Hall–Kier alpha value is -1.91. The average molecular weight is 248 g/mol. The van der Waals surface area contributed by atoms with Gasteiger partial charge >= 0.3 is 6.09 Å². The van der Waals surface area contributed by atoms with Crippen molar-refractivity contribution in [3.63, 3.8) is 0 Å². The summed E-state index contributed by atoms with van der Waals surface area (Å²) in [6.07, 6.45) is 4.23. The second-order valence-electron chi connectivity index (χ2n) is 4.57. The molecule has 0 aromatic carbocycles. The van der Waals surface area contributed by atoms with Crippen LogP contribution in [-0.2, 0) is 6.42 Å². The number of fused-ring (bicyclic) bond motifs is 1. The summed E-state index contributed by atoms with van der Waals surface area (Å²) >= 11 is 0. The van der Waals surface area contributed by atoms with E-state index in [1.165, 1.54) is 6.92 Å². The van der Waals surface area contributed by atoms with Gasteiger partial charge in [0.25, 0.3) is 0 Å². The normalized spacial score (nSPS) is 18.6. The van der Waals surface area contributed by atoms with Crippen molar-refractivity contribution < 1.29 is 14.7 Å². The molecule has 2 rings (SSSR count). The zero-order valence-electron chi connectivity index (χ0n) is 10.3. The molecule has 96 valence electrons. The second-order valence-corrected chi connectivity index (χ2v) is 4.57. The van der Waals surface area contributed by atoms with E-state index in [2.05, 4.69) is 10.3 Å². The molecular weight excluding hydrogens is 232 g/mol. The zero-order chi connectivity index (χ0) is 13.1. The molecule has 0 saturated carbocycles. The first-order valence-corrected chi connectivity index (χ1v) is 6.07. The predicted octanol–water partition coefficient (Wildman–Crippen LogP) is 2.32. The van der Waals surface area contributed by atoms with Crippen LogP contribution >= 0.6 is 0 Å². The maximum Gasteiger partial charge on any atom is 0.405 e. The van der Waals surface area contributed by atoms with Gasteiger partial charge < -0.3 is 10.4 Å². The lowest BCUT2D eigenvalue weighted by molar-refractivity contribution is 0.101. The molecule has 1 amide bonds. The van der Waals surface area contributed by atoms with Crippen LogP contribution in [0.4, 0.5) is 4.79 Å². The maximum atomic E-state index is 11.3. The molecule has 18 heavy (non-hydrogen) atoms. The Bertz CT molecular complexity index is 485. The van der Waals surface area contributed by atoms with Crippen molar-refractivity contribution in [2.24, 2.45) is 0 Å². The molecule has 5 heteroatoms. The fourth-order valence-electron chi connectivity index (χ4n) is 2.35. The van der Waals surface area contributed by atoms with Crippen molar-refractivity contribution in [1.82, 2.24) is 10.3 Å². The van der Waals surface area contributed by atoms with Gasteiger partial charge in [0, 0.05) is 13.1 Å². The van der Waals surface area contributed by atoms with Gasteiger partial charge in [0.15, 0.2) is 5.78 Å². The van der Waals surface area contributed by atoms with Crippen LogP contribution in [0.5, 0.6) is 0 Å². The number of hydrogen-bond acceptors (Lipinski definition) is 3. The Labute approximate surface area is 105 Å². The van der Waals surface area contributed by atoms with Gasteiger partial charge in [-0.25, -0.2) is 4.79 Å². The number of amides is 1. The van der Waals surface area contributed by atoms with Crippen LogP contribution in [0.3, 0.4) is 0 Å². The summed E-state index contributed by atoms with van der Waals surface area (Å²) in [7, 11) is 0. The highest BCUT2D eigenvalue weighted by molar-refractivity contribution is 5.92. The third kappa shape index (κ3) is 2.67. The van der Waals surface area contributed by atoms with Crippen LogP contribution in [0.2, 0.25) is 0 Å². The number of nitrogens with one attached hydrogen (secondary N) is 1. The van der Waals surface area contributed by atoms with E-state index in [-0.39, 0.29) is 11.8 Å². The van der Waals surface area contributed by atoms with Crippen molar-refractivity contribution in [2.75, 3.05) is 0 Å². The number of carboxylic acid groups (broad SMARTS) is 1. The lowest BCUT2D eigenvalue weighted by atomic mass is 10.0. The van der Waals surface area contributed by atoms with E-state index in [1.54, 1.807) is 12.3 Å². The minimum atomic E-state index is -1.02. The molecule has 1 aliphatic carbocycles. The summed E-state index contributed by atoms with van der Waals surface area (Å²) in [5.41, 5.74) is 2.39. The predicted molar refractivity (Wildman–Crippen MR) is 65.7 cm³/mol. The highest BCUT2D eigenvalue weighted by Crippen LogP contribution is 2.28. The van der Waals surface area contributed by atoms with Crippen molar-refractivity contribution in [3.8, 4) is 0 Å². The lowest BCUT2D eigenvalue weighted by Crippen LogP contribution is -2.27. The standard InChI is InChI=1S/C13H16N2O3/c1-8(16)12-6-9-4-2-3-5-11(15-13(17)18)10(9)7-14-12/h6-7,11,15H,2-5H2,1H3,(H,17,18). The molecule has 2 N–H and O–H groups in total. The molecule has 1 unspecified atom stereocenters. The highest BCUT2D eigenvalue weighted by Gasteiger charge is 2.21. The van der Waals surface area contributed by atoms with Gasteiger partial charge in [0.05, 0.1) is 6.04 Å². The average Bonchev–Trinajstić information content (AvgIpc) is 2.50. The van der Waals surface area contributed by atoms with E-state index in [1.807, 2.05) is 0 Å². The molecular formula is C13H16N2O3. The fraction of sp³-hybridized carbons (Fsp3) is 0.462. The van der Waals surface area contributed by atoms with Gasteiger partial charge in [-0.2, -0.15) is 0 Å². The van der Waals surface area contributed by atoms with Gasteiger partial charge in [0.1, 0.15) is 5.69 Å². The number of ketones is 1. The highest BCUT2D eigenvalue weighted by atomic mass is 16.4. The van der Waals surface area contributed by atoms with E-state index >= 15 is 0 Å². The molecule has 1 heterocycles. The third-order valence-electron chi connectivity index (χ3n) is 3.25. The summed E-state index contributed by atoms with van der Waals surface area (Å²) in [5, 5.41) is 11.4. The molecule has 0 bridgehead atoms. The number of rotatable bonds is 2. The zero-order valence-corrected chi connectivity index (χ0v) is 10.3. The van der Waals surface area contributed by atoms with E-state index < -0.39 is 6.09 Å². The SMILES string of the molecule is CC(=O)c1cc2c(cn1)C(NC(=O)O)CCCC2.